The summed E-state index contributed by atoms with van der Waals surface area (Å²) in [7, 11) is 0. The van der Waals surface area contributed by atoms with Gasteiger partial charge in [-0.15, -0.1) is 0 Å². The first-order valence-corrected chi connectivity index (χ1v) is 7.36. The standard InChI is InChI=1S/C16H24N2O3/c1-5-16(3,4)18-15(19)11(2)17-9-12-7-6-8-13-14(12)21-10-20-13/h6-8,11,17H,5,9-10H2,1-4H3,(H,18,19). The smallest absolute Gasteiger partial charge is 0.237 e. The number of benzene rings is 1. The molecular weight excluding hydrogens is 268 g/mol. The van der Waals surface area contributed by atoms with E-state index < -0.39 is 0 Å². The second kappa shape index (κ2) is 6.35. The number of rotatable bonds is 6. The Morgan fingerprint density at radius 3 is 2.86 bits per heavy atom. The Labute approximate surface area is 126 Å². The lowest BCUT2D eigenvalue weighted by Crippen LogP contribution is -2.50. The third-order valence-electron chi connectivity index (χ3n) is 3.82. The predicted octanol–water partition coefficient (Wildman–Crippen LogP) is 2.20. The topological polar surface area (TPSA) is 59.6 Å². The SMILES string of the molecule is CCC(C)(C)NC(=O)C(C)NCc1cccc2c1OCO2. The van der Waals surface area contributed by atoms with Crippen LogP contribution in [0.15, 0.2) is 18.2 Å². The van der Waals surface area contributed by atoms with Crippen molar-refractivity contribution < 1.29 is 14.3 Å². The van der Waals surface area contributed by atoms with E-state index in [9.17, 15) is 4.79 Å². The number of hydrogen-bond acceptors (Lipinski definition) is 4. The largest absolute Gasteiger partial charge is 0.454 e. The first kappa shape index (κ1) is 15.6. The zero-order valence-corrected chi connectivity index (χ0v) is 13.2. The highest BCUT2D eigenvalue weighted by Crippen LogP contribution is 2.35. The maximum absolute atomic E-state index is 12.1. The number of para-hydroxylation sites is 1. The van der Waals surface area contributed by atoms with Crippen molar-refractivity contribution in [3.05, 3.63) is 23.8 Å². The van der Waals surface area contributed by atoms with Gasteiger partial charge >= 0.3 is 0 Å². The van der Waals surface area contributed by atoms with Crippen molar-refractivity contribution in [2.45, 2.75) is 52.2 Å². The van der Waals surface area contributed by atoms with Crippen molar-refractivity contribution in [2.75, 3.05) is 6.79 Å². The summed E-state index contributed by atoms with van der Waals surface area (Å²) in [6.07, 6.45) is 0.892. The van der Waals surface area contributed by atoms with Crippen LogP contribution in [0.25, 0.3) is 0 Å². The lowest BCUT2D eigenvalue weighted by molar-refractivity contribution is -0.124. The minimum Gasteiger partial charge on any atom is -0.454 e. The van der Waals surface area contributed by atoms with E-state index in [0.717, 1.165) is 23.5 Å². The molecule has 1 unspecified atom stereocenters. The van der Waals surface area contributed by atoms with E-state index in [0.29, 0.717) is 6.54 Å². The van der Waals surface area contributed by atoms with Gasteiger partial charge in [0.15, 0.2) is 11.5 Å². The molecule has 1 aromatic rings. The molecule has 2 rings (SSSR count). The van der Waals surface area contributed by atoms with E-state index in [2.05, 4.69) is 17.6 Å². The molecule has 1 aliphatic heterocycles. The Bertz CT molecular complexity index is 514. The number of carbonyl (C=O) groups is 1. The maximum atomic E-state index is 12.1. The molecule has 5 heteroatoms. The molecule has 0 radical (unpaired) electrons. The minimum atomic E-state index is -0.269. The Kier molecular flexibility index (Phi) is 4.73. The van der Waals surface area contributed by atoms with Crippen molar-refractivity contribution in [3.63, 3.8) is 0 Å². The Morgan fingerprint density at radius 1 is 1.38 bits per heavy atom. The fourth-order valence-corrected chi connectivity index (χ4v) is 2.02. The van der Waals surface area contributed by atoms with Gasteiger partial charge in [-0.3, -0.25) is 4.79 Å². The Balaban J connectivity index is 1.91. The fraction of sp³-hybridized carbons (Fsp3) is 0.562. The third kappa shape index (κ3) is 3.88. The van der Waals surface area contributed by atoms with Crippen molar-refractivity contribution in [3.8, 4) is 11.5 Å². The molecule has 5 nitrogen and oxygen atoms in total. The third-order valence-corrected chi connectivity index (χ3v) is 3.82. The molecule has 1 atom stereocenters. The summed E-state index contributed by atoms with van der Waals surface area (Å²) < 4.78 is 10.8. The molecule has 2 N–H and O–H groups in total. The van der Waals surface area contributed by atoms with Gasteiger partial charge in [-0.25, -0.2) is 0 Å². The van der Waals surface area contributed by atoms with Crippen LogP contribution in [0.5, 0.6) is 11.5 Å². The highest BCUT2D eigenvalue weighted by atomic mass is 16.7. The van der Waals surface area contributed by atoms with E-state index in [1.807, 2.05) is 39.0 Å². The molecule has 0 aliphatic carbocycles. The molecule has 116 valence electrons. The van der Waals surface area contributed by atoms with Crippen molar-refractivity contribution in [2.24, 2.45) is 0 Å². The first-order valence-electron chi connectivity index (χ1n) is 7.36. The van der Waals surface area contributed by atoms with Crippen LogP contribution in [0.1, 0.15) is 39.7 Å². The lowest BCUT2D eigenvalue weighted by Gasteiger charge is -2.26. The van der Waals surface area contributed by atoms with E-state index >= 15 is 0 Å². The zero-order valence-electron chi connectivity index (χ0n) is 13.2. The van der Waals surface area contributed by atoms with Crippen LogP contribution in [0, 0.1) is 0 Å². The van der Waals surface area contributed by atoms with E-state index in [4.69, 9.17) is 9.47 Å². The second-order valence-corrected chi connectivity index (χ2v) is 5.98. The summed E-state index contributed by atoms with van der Waals surface area (Å²) in [6.45, 7) is 8.78. The van der Waals surface area contributed by atoms with Gasteiger partial charge in [-0.1, -0.05) is 19.1 Å². The maximum Gasteiger partial charge on any atom is 0.237 e. The van der Waals surface area contributed by atoms with Gasteiger partial charge < -0.3 is 20.1 Å². The van der Waals surface area contributed by atoms with Gasteiger partial charge in [0.2, 0.25) is 12.7 Å². The van der Waals surface area contributed by atoms with Gasteiger partial charge in [0.1, 0.15) is 0 Å². The van der Waals surface area contributed by atoms with Gasteiger partial charge in [0.25, 0.3) is 0 Å². The summed E-state index contributed by atoms with van der Waals surface area (Å²) in [5.41, 5.74) is 0.817. The molecule has 1 aromatic carbocycles. The number of nitrogens with one attached hydrogen (secondary N) is 2. The molecule has 1 aliphatic rings. The summed E-state index contributed by atoms with van der Waals surface area (Å²) in [5.74, 6) is 1.54. The predicted molar refractivity (Wildman–Crippen MR) is 81.4 cm³/mol. The molecule has 0 saturated heterocycles. The second-order valence-electron chi connectivity index (χ2n) is 5.98. The number of fused-ring (bicyclic) bond motifs is 1. The van der Waals surface area contributed by atoms with Gasteiger partial charge in [0, 0.05) is 17.6 Å². The molecule has 0 saturated carbocycles. The number of ether oxygens (including phenoxy) is 2. The monoisotopic (exact) mass is 292 g/mol. The molecule has 0 bridgehead atoms. The average molecular weight is 292 g/mol. The van der Waals surface area contributed by atoms with Crippen LogP contribution in [0.2, 0.25) is 0 Å². The molecular formula is C16H24N2O3. The number of carbonyl (C=O) groups excluding carboxylic acids is 1. The van der Waals surface area contributed by atoms with Crippen molar-refractivity contribution in [1.82, 2.24) is 10.6 Å². The molecule has 0 aromatic heterocycles. The lowest BCUT2D eigenvalue weighted by atomic mass is 10.0. The van der Waals surface area contributed by atoms with Crippen LogP contribution in [0.3, 0.4) is 0 Å². The summed E-state index contributed by atoms with van der Waals surface area (Å²) >= 11 is 0. The molecule has 1 heterocycles. The van der Waals surface area contributed by atoms with Gasteiger partial charge in [0.05, 0.1) is 6.04 Å². The molecule has 0 fully saturated rings. The normalized spacial score (nSPS) is 14.9. The van der Waals surface area contributed by atoms with Crippen LogP contribution in [0.4, 0.5) is 0 Å². The van der Waals surface area contributed by atoms with Crippen LogP contribution in [-0.4, -0.2) is 24.3 Å². The average Bonchev–Trinajstić information content (AvgIpc) is 2.93. The van der Waals surface area contributed by atoms with Crippen LogP contribution < -0.4 is 20.1 Å². The highest BCUT2D eigenvalue weighted by molar-refractivity contribution is 5.82. The summed E-state index contributed by atoms with van der Waals surface area (Å²) in [4.78, 5) is 12.1. The van der Waals surface area contributed by atoms with Crippen molar-refractivity contribution >= 4 is 5.91 Å². The Hall–Kier alpha value is -1.75. The molecule has 1 amide bonds. The van der Waals surface area contributed by atoms with Crippen LogP contribution >= 0.6 is 0 Å². The van der Waals surface area contributed by atoms with E-state index in [1.54, 1.807) is 0 Å². The number of hydrogen-bond donors (Lipinski definition) is 2. The van der Waals surface area contributed by atoms with Crippen molar-refractivity contribution in [1.29, 1.82) is 0 Å². The number of amides is 1. The Morgan fingerprint density at radius 2 is 2.14 bits per heavy atom. The molecule has 21 heavy (non-hydrogen) atoms. The van der Waals surface area contributed by atoms with E-state index in [-0.39, 0.29) is 24.3 Å². The highest BCUT2D eigenvalue weighted by Gasteiger charge is 2.22. The van der Waals surface area contributed by atoms with Gasteiger partial charge in [-0.05, 0) is 33.3 Å². The quantitative estimate of drug-likeness (QED) is 0.844. The fourth-order valence-electron chi connectivity index (χ4n) is 2.02. The summed E-state index contributed by atoms with van der Waals surface area (Å²) in [5, 5.41) is 6.26. The zero-order chi connectivity index (χ0) is 15.5. The van der Waals surface area contributed by atoms with Gasteiger partial charge in [-0.2, -0.15) is 0 Å². The van der Waals surface area contributed by atoms with Crippen LogP contribution in [-0.2, 0) is 11.3 Å². The first-order chi connectivity index (χ1) is 9.93. The summed E-state index contributed by atoms with van der Waals surface area (Å²) in [6, 6.07) is 5.51. The molecule has 0 spiro atoms. The van der Waals surface area contributed by atoms with E-state index in [1.165, 1.54) is 0 Å². The minimum absolute atomic E-state index is 0.00611.